The summed E-state index contributed by atoms with van der Waals surface area (Å²) in [5.41, 5.74) is 0.998. The Morgan fingerprint density at radius 1 is 1.14 bits per heavy atom. The highest BCUT2D eigenvalue weighted by molar-refractivity contribution is 5.75. The molecule has 2 aromatic rings. The maximum absolute atomic E-state index is 12.0. The molecule has 0 saturated heterocycles. The zero-order chi connectivity index (χ0) is 14.9. The van der Waals surface area contributed by atoms with Gasteiger partial charge < -0.3 is 9.64 Å². The van der Waals surface area contributed by atoms with Crippen LogP contribution in [0.5, 0.6) is 5.75 Å². The van der Waals surface area contributed by atoms with Crippen LogP contribution < -0.4 is 4.74 Å². The summed E-state index contributed by atoms with van der Waals surface area (Å²) in [4.78, 5) is 18.0. The van der Waals surface area contributed by atoms with Crippen LogP contribution >= 0.6 is 0 Å². The highest BCUT2D eigenvalue weighted by Crippen LogP contribution is 2.08. The van der Waals surface area contributed by atoms with Gasteiger partial charge in [-0.05, 0) is 24.3 Å². The third-order valence-corrected chi connectivity index (χ3v) is 3.18. The van der Waals surface area contributed by atoms with Crippen molar-refractivity contribution in [3.8, 4) is 5.75 Å². The summed E-state index contributed by atoms with van der Waals surface area (Å²) in [7, 11) is 1.81. The second kappa shape index (κ2) is 8.04. The largest absolute Gasteiger partial charge is 0.493 e. The van der Waals surface area contributed by atoms with Gasteiger partial charge in [-0.25, -0.2) is 0 Å². The molecule has 1 aromatic heterocycles. The third kappa shape index (κ3) is 5.26. The third-order valence-electron chi connectivity index (χ3n) is 3.18. The summed E-state index contributed by atoms with van der Waals surface area (Å²) in [6, 6.07) is 15.3. The first kappa shape index (κ1) is 15.0. The molecule has 0 fully saturated rings. The number of hydrogen-bond acceptors (Lipinski definition) is 3. The lowest BCUT2D eigenvalue weighted by atomic mass is 10.2. The van der Waals surface area contributed by atoms with Crippen LogP contribution in [-0.2, 0) is 11.2 Å². The van der Waals surface area contributed by atoms with Crippen LogP contribution in [-0.4, -0.2) is 36.0 Å². The van der Waals surface area contributed by atoms with Crippen LogP contribution in [0, 0.1) is 0 Å². The normalized spacial score (nSPS) is 10.1. The van der Waals surface area contributed by atoms with Gasteiger partial charge in [-0.15, -0.1) is 0 Å². The zero-order valence-corrected chi connectivity index (χ0v) is 12.2. The van der Waals surface area contributed by atoms with Gasteiger partial charge in [-0.3, -0.25) is 9.78 Å². The van der Waals surface area contributed by atoms with E-state index >= 15 is 0 Å². The maximum atomic E-state index is 12.0. The predicted molar refractivity (Wildman–Crippen MR) is 82.1 cm³/mol. The number of hydrogen-bond donors (Lipinski definition) is 0. The molecule has 1 amide bonds. The van der Waals surface area contributed by atoms with E-state index < -0.39 is 0 Å². The van der Waals surface area contributed by atoms with E-state index in [4.69, 9.17) is 4.74 Å². The van der Waals surface area contributed by atoms with Crippen molar-refractivity contribution in [2.24, 2.45) is 0 Å². The number of carbonyl (C=O) groups excluding carboxylic acids is 1. The summed E-state index contributed by atoms with van der Waals surface area (Å²) in [5.74, 6) is 0.878. The molecule has 0 radical (unpaired) electrons. The lowest BCUT2D eigenvalue weighted by Crippen LogP contribution is -2.30. The monoisotopic (exact) mass is 284 g/mol. The number of aromatic nitrogens is 1. The molecule has 0 bridgehead atoms. The smallest absolute Gasteiger partial charge is 0.225 e. The molecule has 2 rings (SSSR count). The second-order valence-corrected chi connectivity index (χ2v) is 4.80. The molecule has 0 unspecified atom stereocenters. The van der Waals surface area contributed by atoms with E-state index in [9.17, 15) is 4.79 Å². The number of likely N-dealkylation sites (N-methyl/N-ethyl adjacent to an activating group) is 1. The Morgan fingerprint density at radius 2 is 1.90 bits per heavy atom. The predicted octanol–water partition coefficient (Wildman–Crippen LogP) is 2.55. The van der Waals surface area contributed by atoms with Gasteiger partial charge >= 0.3 is 0 Å². The van der Waals surface area contributed by atoms with Gasteiger partial charge in [-0.2, -0.15) is 0 Å². The van der Waals surface area contributed by atoms with Gasteiger partial charge in [0.05, 0.1) is 13.0 Å². The Labute approximate surface area is 125 Å². The second-order valence-electron chi connectivity index (χ2n) is 4.80. The molecule has 0 aliphatic heterocycles. The molecule has 110 valence electrons. The minimum Gasteiger partial charge on any atom is -0.493 e. The zero-order valence-electron chi connectivity index (χ0n) is 12.2. The molecule has 4 heteroatoms. The van der Waals surface area contributed by atoms with Gasteiger partial charge in [0.25, 0.3) is 0 Å². The van der Waals surface area contributed by atoms with Crippen molar-refractivity contribution in [2.45, 2.75) is 12.8 Å². The Kier molecular flexibility index (Phi) is 5.76. The highest BCUT2D eigenvalue weighted by Gasteiger charge is 2.09. The molecule has 0 N–H and O–H groups in total. The van der Waals surface area contributed by atoms with E-state index in [1.807, 2.05) is 55.6 Å². The SMILES string of the molecule is CN(CCc1ccccn1)C(=O)CCOc1ccccc1. The Bertz CT molecular complexity index is 543. The molecule has 0 atom stereocenters. The molecule has 1 heterocycles. The molecule has 0 spiro atoms. The summed E-state index contributed by atoms with van der Waals surface area (Å²) in [6.45, 7) is 1.07. The first-order valence-electron chi connectivity index (χ1n) is 7.07. The van der Waals surface area contributed by atoms with E-state index in [-0.39, 0.29) is 5.91 Å². The van der Waals surface area contributed by atoms with E-state index in [0.717, 1.165) is 17.9 Å². The number of rotatable bonds is 7. The maximum Gasteiger partial charge on any atom is 0.225 e. The van der Waals surface area contributed by atoms with Crippen LogP contribution in [0.25, 0.3) is 0 Å². The number of para-hydroxylation sites is 1. The Hall–Kier alpha value is -2.36. The number of carbonyl (C=O) groups is 1. The van der Waals surface area contributed by atoms with Crippen molar-refractivity contribution in [3.05, 3.63) is 60.4 Å². The van der Waals surface area contributed by atoms with Crippen LogP contribution in [0.3, 0.4) is 0 Å². The number of benzene rings is 1. The van der Waals surface area contributed by atoms with Crippen LogP contribution in [0.2, 0.25) is 0 Å². The first-order chi connectivity index (χ1) is 10.3. The van der Waals surface area contributed by atoms with Crippen molar-refractivity contribution < 1.29 is 9.53 Å². The molecular weight excluding hydrogens is 264 g/mol. The van der Waals surface area contributed by atoms with E-state index in [1.165, 1.54) is 0 Å². The number of ether oxygens (including phenoxy) is 1. The Morgan fingerprint density at radius 3 is 2.62 bits per heavy atom. The molecular formula is C17H20N2O2. The van der Waals surface area contributed by atoms with Gasteiger partial charge in [0.1, 0.15) is 5.75 Å². The summed E-state index contributed by atoms with van der Waals surface area (Å²) < 4.78 is 5.53. The quantitative estimate of drug-likeness (QED) is 0.784. The van der Waals surface area contributed by atoms with Crippen LogP contribution in [0.15, 0.2) is 54.7 Å². The number of amides is 1. The van der Waals surface area contributed by atoms with E-state index in [2.05, 4.69) is 4.98 Å². The first-order valence-corrected chi connectivity index (χ1v) is 7.07. The van der Waals surface area contributed by atoms with Crippen molar-refractivity contribution in [1.82, 2.24) is 9.88 Å². The minimum atomic E-state index is 0.0851. The van der Waals surface area contributed by atoms with Crippen LogP contribution in [0.1, 0.15) is 12.1 Å². The van der Waals surface area contributed by atoms with Gasteiger partial charge in [0.15, 0.2) is 0 Å². The van der Waals surface area contributed by atoms with Crippen molar-refractivity contribution in [3.63, 3.8) is 0 Å². The van der Waals surface area contributed by atoms with E-state index in [0.29, 0.717) is 19.6 Å². The van der Waals surface area contributed by atoms with Crippen LogP contribution in [0.4, 0.5) is 0 Å². The highest BCUT2D eigenvalue weighted by atomic mass is 16.5. The summed E-state index contributed by atoms with van der Waals surface area (Å²) in [5, 5.41) is 0. The minimum absolute atomic E-state index is 0.0851. The Balaban J connectivity index is 1.68. The molecule has 0 aliphatic carbocycles. The molecule has 4 nitrogen and oxygen atoms in total. The fourth-order valence-corrected chi connectivity index (χ4v) is 1.92. The van der Waals surface area contributed by atoms with Crippen molar-refractivity contribution in [2.75, 3.05) is 20.2 Å². The van der Waals surface area contributed by atoms with Crippen molar-refractivity contribution >= 4 is 5.91 Å². The fraction of sp³-hybridized carbons (Fsp3) is 0.294. The van der Waals surface area contributed by atoms with Gasteiger partial charge in [-0.1, -0.05) is 24.3 Å². The average Bonchev–Trinajstić information content (AvgIpc) is 2.54. The molecule has 1 aromatic carbocycles. The summed E-state index contributed by atoms with van der Waals surface area (Å²) in [6.07, 6.45) is 2.92. The molecule has 0 saturated carbocycles. The number of pyridine rings is 1. The van der Waals surface area contributed by atoms with Crippen molar-refractivity contribution in [1.29, 1.82) is 0 Å². The lowest BCUT2D eigenvalue weighted by Gasteiger charge is -2.17. The average molecular weight is 284 g/mol. The lowest BCUT2D eigenvalue weighted by molar-refractivity contribution is -0.130. The number of nitrogens with zero attached hydrogens (tertiary/aromatic N) is 2. The van der Waals surface area contributed by atoms with Gasteiger partial charge in [0.2, 0.25) is 5.91 Å². The molecule has 21 heavy (non-hydrogen) atoms. The molecule has 0 aliphatic rings. The topological polar surface area (TPSA) is 42.4 Å². The fourth-order valence-electron chi connectivity index (χ4n) is 1.92. The van der Waals surface area contributed by atoms with Gasteiger partial charge in [0, 0.05) is 31.9 Å². The standard InChI is InChI=1S/C17H20N2O2/c1-19(13-10-15-7-5-6-12-18-15)17(20)11-14-21-16-8-3-2-4-9-16/h2-9,12H,10-11,13-14H2,1H3. The summed E-state index contributed by atoms with van der Waals surface area (Å²) >= 11 is 0. The van der Waals surface area contributed by atoms with E-state index in [1.54, 1.807) is 11.1 Å².